The van der Waals surface area contributed by atoms with E-state index in [4.69, 9.17) is 0 Å². The van der Waals surface area contributed by atoms with Gasteiger partial charge in [-0.3, -0.25) is 0 Å². The molecule has 1 aromatic heterocycles. The second kappa shape index (κ2) is 9.17. The fourth-order valence-electron chi connectivity index (χ4n) is 9.11. The molecule has 2 atom stereocenters. The summed E-state index contributed by atoms with van der Waals surface area (Å²) < 4.78 is 2.56. The van der Waals surface area contributed by atoms with E-state index in [-0.39, 0.29) is 17.6 Å². The molecule has 3 heteroatoms. The highest BCUT2D eigenvalue weighted by Crippen LogP contribution is 2.54. The van der Waals surface area contributed by atoms with Gasteiger partial charge in [0.05, 0.1) is 28.5 Å². The summed E-state index contributed by atoms with van der Waals surface area (Å²) in [6, 6.07) is 52.0. The summed E-state index contributed by atoms with van der Waals surface area (Å²) in [4.78, 5) is 0. The average molecular weight is 616 g/mol. The molecule has 8 aromatic rings. The lowest BCUT2D eigenvalue weighted by Crippen LogP contribution is -2.30. The lowest BCUT2D eigenvalue weighted by molar-refractivity contribution is 0.540. The molecule has 0 bridgehead atoms. The van der Waals surface area contributed by atoms with Gasteiger partial charge in [-0.2, -0.15) is 0 Å². The Labute approximate surface area is 279 Å². The third-order valence-corrected chi connectivity index (χ3v) is 11.4. The van der Waals surface area contributed by atoms with Gasteiger partial charge in [0.1, 0.15) is 6.17 Å². The van der Waals surface area contributed by atoms with Crippen LogP contribution in [-0.4, -0.2) is 4.57 Å². The smallest absolute Gasteiger partial charge is 0.129 e. The van der Waals surface area contributed by atoms with Crippen LogP contribution in [0.15, 0.2) is 140 Å². The molecule has 2 N–H and O–H groups in total. The van der Waals surface area contributed by atoms with Gasteiger partial charge in [0.2, 0.25) is 0 Å². The van der Waals surface area contributed by atoms with E-state index in [2.05, 4.69) is 169 Å². The van der Waals surface area contributed by atoms with Crippen LogP contribution >= 0.6 is 0 Å². The lowest BCUT2D eigenvalue weighted by atomic mass is 9.82. The normalized spacial score (nSPS) is 17.9. The van der Waals surface area contributed by atoms with Gasteiger partial charge < -0.3 is 15.2 Å². The van der Waals surface area contributed by atoms with Crippen LogP contribution in [0.1, 0.15) is 42.7 Å². The van der Waals surface area contributed by atoms with Crippen LogP contribution in [0.2, 0.25) is 0 Å². The fourth-order valence-corrected chi connectivity index (χ4v) is 9.11. The summed E-state index contributed by atoms with van der Waals surface area (Å²) in [7, 11) is 0. The first-order valence-corrected chi connectivity index (χ1v) is 17.0. The van der Waals surface area contributed by atoms with Crippen LogP contribution in [0.3, 0.4) is 0 Å². The minimum atomic E-state index is 0.00740. The van der Waals surface area contributed by atoms with Gasteiger partial charge in [-0.1, -0.05) is 117 Å². The van der Waals surface area contributed by atoms with Crippen molar-refractivity contribution >= 4 is 44.0 Å². The molecule has 7 aromatic carbocycles. The van der Waals surface area contributed by atoms with E-state index in [1.165, 1.54) is 82.6 Å². The highest BCUT2D eigenvalue weighted by Gasteiger charge is 2.40. The number of hydrogen-bond donors (Lipinski definition) is 2. The maximum Gasteiger partial charge on any atom is 0.129 e. The van der Waals surface area contributed by atoms with Crippen molar-refractivity contribution in [2.45, 2.75) is 31.5 Å². The molecule has 3 aliphatic rings. The number of aromatic nitrogens is 1. The molecular weight excluding hydrogens is 583 g/mol. The maximum absolute atomic E-state index is 3.98. The molecule has 0 fully saturated rings. The average Bonchev–Trinajstić information content (AvgIpc) is 3.72. The molecule has 0 amide bonds. The fraction of sp³-hybridized carbons (Fsp3) is 0.111. The summed E-state index contributed by atoms with van der Waals surface area (Å²) >= 11 is 0. The number of anilines is 2. The molecule has 2 unspecified atom stereocenters. The summed E-state index contributed by atoms with van der Waals surface area (Å²) in [5, 5.41) is 13.2. The minimum Gasteiger partial charge on any atom is -0.373 e. The number of nitrogens with zero attached hydrogens (tertiary/aromatic N) is 1. The lowest BCUT2D eigenvalue weighted by Gasteiger charge is -2.34. The van der Waals surface area contributed by atoms with E-state index in [1.54, 1.807) is 0 Å². The first-order valence-electron chi connectivity index (χ1n) is 17.0. The standard InChI is InChI=1S/C45H33N3/c1-45(2)36-15-9-8-14-32(36)33-22-27(16-19-37(33)45)28-18-21-40-34(23-28)41-31-13-7-6-12-30(31)24-35-42-44(48(40)43(35)41)47-38-20-17-29(25-39(38)46-42)26-10-4-3-5-11-26/h3-25,42,44,46-47H,1-2H3. The van der Waals surface area contributed by atoms with Crippen molar-refractivity contribution in [3.05, 3.63) is 156 Å². The van der Waals surface area contributed by atoms with Crippen molar-refractivity contribution in [2.75, 3.05) is 10.6 Å². The topological polar surface area (TPSA) is 29.0 Å². The maximum atomic E-state index is 3.98. The molecule has 0 radical (unpaired) electrons. The van der Waals surface area contributed by atoms with Crippen molar-refractivity contribution < 1.29 is 0 Å². The molecule has 0 saturated heterocycles. The molecule has 2 aliphatic heterocycles. The highest BCUT2D eigenvalue weighted by atomic mass is 15.3. The van der Waals surface area contributed by atoms with Crippen molar-refractivity contribution in [3.8, 4) is 33.4 Å². The third-order valence-electron chi connectivity index (χ3n) is 11.4. The van der Waals surface area contributed by atoms with Crippen LogP contribution in [-0.2, 0) is 5.41 Å². The molecule has 3 nitrogen and oxygen atoms in total. The van der Waals surface area contributed by atoms with E-state index >= 15 is 0 Å². The Hall–Kier alpha value is -5.80. The minimum absolute atomic E-state index is 0.00740. The summed E-state index contributed by atoms with van der Waals surface area (Å²) in [6.07, 6.45) is 0.0662. The van der Waals surface area contributed by atoms with Crippen molar-refractivity contribution in [1.29, 1.82) is 0 Å². The number of nitrogens with one attached hydrogen (secondary N) is 2. The first-order chi connectivity index (χ1) is 23.5. The van der Waals surface area contributed by atoms with Crippen LogP contribution in [0.25, 0.3) is 66.0 Å². The molecule has 1 aliphatic carbocycles. The number of hydrogen-bond acceptors (Lipinski definition) is 2. The Balaban J connectivity index is 1.09. The Kier molecular flexibility index (Phi) is 5.02. The predicted molar refractivity (Wildman–Crippen MR) is 201 cm³/mol. The van der Waals surface area contributed by atoms with E-state index in [0.717, 1.165) is 11.4 Å². The van der Waals surface area contributed by atoms with Gasteiger partial charge in [-0.25, -0.2) is 0 Å². The van der Waals surface area contributed by atoms with Crippen molar-refractivity contribution in [1.82, 2.24) is 4.57 Å². The Morgan fingerprint density at radius 2 is 1.27 bits per heavy atom. The van der Waals surface area contributed by atoms with Crippen LogP contribution in [0, 0.1) is 0 Å². The first kappa shape index (κ1) is 26.3. The largest absolute Gasteiger partial charge is 0.373 e. The van der Waals surface area contributed by atoms with Crippen molar-refractivity contribution in [3.63, 3.8) is 0 Å². The Bertz CT molecular complexity index is 2660. The van der Waals surface area contributed by atoms with E-state index < -0.39 is 0 Å². The zero-order valence-electron chi connectivity index (χ0n) is 26.9. The molecule has 3 heterocycles. The summed E-state index contributed by atoms with van der Waals surface area (Å²) in [6.45, 7) is 4.70. The zero-order valence-corrected chi connectivity index (χ0v) is 26.9. The number of fused-ring (bicyclic) bond motifs is 12. The molecule has 48 heavy (non-hydrogen) atoms. The summed E-state index contributed by atoms with van der Waals surface area (Å²) in [5.41, 5.74) is 16.8. The van der Waals surface area contributed by atoms with Crippen LogP contribution in [0.5, 0.6) is 0 Å². The van der Waals surface area contributed by atoms with Crippen molar-refractivity contribution in [2.24, 2.45) is 0 Å². The molecule has 228 valence electrons. The number of rotatable bonds is 2. The zero-order chi connectivity index (χ0) is 31.7. The van der Waals surface area contributed by atoms with Crippen LogP contribution in [0.4, 0.5) is 11.4 Å². The number of benzene rings is 7. The highest BCUT2D eigenvalue weighted by molar-refractivity contribution is 6.23. The second-order valence-electron chi connectivity index (χ2n) is 14.3. The molecule has 0 spiro atoms. The SMILES string of the molecule is CC1(C)c2ccccc2-c2cc(-c3ccc4c(c3)c3c5ccccc5cc5c3n4C3Nc4ccc(-c6ccccc6)cc4NC53)ccc21. The monoisotopic (exact) mass is 615 g/mol. The van der Waals surface area contributed by atoms with Gasteiger partial charge >= 0.3 is 0 Å². The summed E-state index contributed by atoms with van der Waals surface area (Å²) in [5.74, 6) is 0. The van der Waals surface area contributed by atoms with Crippen LogP contribution < -0.4 is 10.6 Å². The van der Waals surface area contributed by atoms with Gasteiger partial charge in [-0.15, -0.1) is 0 Å². The molecule has 11 rings (SSSR count). The van der Waals surface area contributed by atoms with Gasteiger partial charge in [-0.05, 0) is 91.7 Å². The van der Waals surface area contributed by atoms with Gasteiger partial charge in [0.25, 0.3) is 0 Å². The Morgan fingerprint density at radius 1 is 0.542 bits per heavy atom. The second-order valence-corrected chi connectivity index (χ2v) is 14.3. The van der Waals surface area contributed by atoms with Gasteiger partial charge in [0, 0.05) is 21.8 Å². The van der Waals surface area contributed by atoms with E-state index in [0.29, 0.717) is 0 Å². The molecule has 0 saturated carbocycles. The van der Waals surface area contributed by atoms with E-state index in [1.807, 2.05) is 0 Å². The molecular formula is C45H33N3. The quantitative estimate of drug-likeness (QED) is 0.203. The predicted octanol–water partition coefficient (Wildman–Crippen LogP) is 11.7. The Morgan fingerprint density at radius 3 is 2.19 bits per heavy atom. The van der Waals surface area contributed by atoms with E-state index in [9.17, 15) is 0 Å². The van der Waals surface area contributed by atoms with Gasteiger partial charge in [0.15, 0.2) is 0 Å². The third kappa shape index (κ3) is 3.38.